The molecule has 0 aliphatic heterocycles. The molecular formula is C14H22N4O3. The number of rotatable bonds is 4. The summed E-state index contributed by atoms with van der Waals surface area (Å²) in [5.41, 5.74) is -0.926. The molecule has 116 valence electrons. The van der Waals surface area contributed by atoms with Gasteiger partial charge in [0.1, 0.15) is 5.82 Å². The van der Waals surface area contributed by atoms with Crippen LogP contribution in [0.2, 0.25) is 0 Å². The maximum absolute atomic E-state index is 12.2. The van der Waals surface area contributed by atoms with E-state index in [-0.39, 0.29) is 11.7 Å². The minimum atomic E-state index is -0.926. The fourth-order valence-corrected chi connectivity index (χ4v) is 2.68. The zero-order valence-electron chi connectivity index (χ0n) is 12.6. The first-order chi connectivity index (χ1) is 9.84. The highest BCUT2D eigenvalue weighted by Gasteiger charge is 2.44. The third-order valence-electron chi connectivity index (χ3n) is 4.25. The highest BCUT2D eigenvalue weighted by molar-refractivity contribution is 5.91. The van der Waals surface area contributed by atoms with Crippen LogP contribution in [0.25, 0.3) is 0 Å². The number of hydrogen-bond acceptors (Lipinski definition) is 4. The van der Waals surface area contributed by atoms with Gasteiger partial charge in [0.2, 0.25) is 5.82 Å². The van der Waals surface area contributed by atoms with Gasteiger partial charge in [0.15, 0.2) is 0 Å². The summed E-state index contributed by atoms with van der Waals surface area (Å²) in [5.74, 6) is -0.428. The molecule has 1 aromatic rings. The fourth-order valence-electron chi connectivity index (χ4n) is 2.68. The van der Waals surface area contributed by atoms with Crippen LogP contribution in [-0.2, 0) is 4.79 Å². The van der Waals surface area contributed by atoms with Crippen molar-refractivity contribution in [2.24, 2.45) is 5.41 Å². The maximum Gasteiger partial charge on any atom is 0.311 e. The number of aromatic nitrogens is 3. The summed E-state index contributed by atoms with van der Waals surface area (Å²) in [6.07, 6.45) is 3.01. The highest BCUT2D eigenvalue weighted by Crippen LogP contribution is 2.36. The molecular weight excluding hydrogens is 272 g/mol. The number of nitrogens with zero attached hydrogens (tertiary/aromatic N) is 2. The van der Waals surface area contributed by atoms with E-state index in [1.54, 1.807) is 6.92 Å². The molecule has 1 heterocycles. The van der Waals surface area contributed by atoms with Gasteiger partial charge in [0, 0.05) is 12.0 Å². The van der Waals surface area contributed by atoms with Crippen molar-refractivity contribution >= 4 is 11.9 Å². The first-order valence-corrected chi connectivity index (χ1v) is 7.31. The molecule has 1 fully saturated rings. The lowest BCUT2D eigenvalue weighted by atomic mass is 9.71. The number of H-pyrrole nitrogens is 1. The van der Waals surface area contributed by atoms with Gasteiger partial charge in [-0.05, 0) is 19.8 Å². The Kier molecular flexibility index (Phi) is 4.29. The lowest BCUT2D eigenvalue weighted by molar-refractivity contribution is -0.151. The summed E-state index contributed by atoms with van der Waals surface area (Å²) in [6.45, 7) is 5.59. The Morgan fingerprint density at radius 2 is 2.14 bits per heavy atom. The molecule has 7 heteroatoms. The molecule has 1 aromatic heterocycles. The molecule has 0 spiro atoms. The zero-order valence-corrected chi connectivity index (χ0v) is 12.6. The number of carboxylic acid groups (broad SMARTS) is 1. The van der Waals surface area contributed by atoms with Crippen molar-refractivity contribution in [2.45, 2.75) is 58.4 Å². The number of aromatic amines is 1. The molecule has 2 atom stereocenters. The van der Waals surface area contributed by atoms with Gasteiger partial charge >= 0.3 is 5.97 Å². The van der Waals surface area contributed by atoms with E-state index in [4.69, 9.17) is 0 Å². The van der Waals surface area contributed by atoms with Crippen molar-refractivity contribution in [2.75, 3.05) is 0 Å². The molecule has 1 aliphatic carbocycles. The molecule has 1 amide bonds. The average molecular weight is 294 g/mol. The van der Waals surface area contributed by atoms with Gasteiger partial charge in [0.05, 0.1) is 5.41 Å². The molecule has 0 aromatic carbocycles. The molecule has 0 saturated heterocycles. The van der Waals surface area contributed by atoms with Crippen molar-refractivity contribution < 1.29 is 14.7 Å². The lowest BCUT2D eigenvalue weighted by Gasteiger charge is -2.38. The number of carbonyl (C=O) groups is 2. The molecule has 1 saturated carbocycles. The second-order valence-electron chi connectivity index (χ2n) is 6.19. The van der Waals surface area contributed by atoms with Crippen LogP contribution in [0.4, 0.5) is 0 Å². The number of aliphatic carboxylic acids is 1. The summed E-state index contributed by atoms with van der Waals surface area (Å²) in [4.78, 5) is 27.9. The molecule has 1 aliphatic rings. The normalized spacial score (nSPS) is 25.8. The predicted octanol–water partition coefficient (Wildman–Crippen LogP) is 1.69. The van der Waals surface area contributed by atoms with Crippen LogP contribution in [0.1, 0.15) is 68.8 Å². The van der Waals surface area contributed by atoms with Gasteiger partial charge in [-0.25, -0.2) is 4.98 Å². The van der Waals surface area contributed by atoms with Crippen LogP contribution in [0, 0.1) is 5.41 Å². The molecule has 0 radical (unpaired) electrons. The predicted molar refractivity (Wildman–Crippen MR) is 75.9 cm³/mol. The van der Waals surface area contributed by atoms with E-state index in [1.165, 1.54) is 0 Å². The number of carboxylic acids is 1. The van der Waals surface area contributed by atoms with E-state index in [0.717, 1.165) is 12.8 Å². The monoisotopic (exact) mass is 294 g/mol. The third kappa shape index (κ3) is 3.06. The van der Waals surface area contributed by atoms with Gasteiger partial charge < -0.3 is 10.4 Å². The first kappa shape index (κ1) is 15.5. The van der Waals surface area contributed by atoms with Crippen molar-refractivity contribution in [3.05, 3.63) is 11.6 Å². The molecule has 7 nitrogen and oxygen atoms in total. The van der Waals surface area contributed by atoms with Crippen LogP contribution in [0.15, 0.2) is 0 Å². The Balaban J connectivity index is 2.11. The second-order valence-corrected chi connectivity index (χ2v) is 6.19. The van der Waals surface area contributed by atoms with Crippen LogP contribution in [0.5, 0.6) is 0 Å². The van der Waals surface area contributed by atoms with Crippen LogP contribution >= 0.6 is 0 Å². The van der Waals surface area contributed by atoms with Gasteiger partial charge in [-0.3, -0.25) is 14.7 Å². The second kappa shape index (κ2) is 5.83. The smallest absolute Gasteiger partial charge is 0.311 e. The van der Waals surface area contributed by atoms with Crippen molar-refractivity contribution in [1.29, 1.82) is 0 Å². The number of amides is 1. The Morgan fingerprint density at radius 3 is 2.71 bits per heavy atom. The standard InChI is InChI=1S/C14H22N4O3/c1-8(2)10-16-11(18-17-10)12(19)15-9-6-4-5-7-14(9,3)13(20)21/h8-9H,4-7H2,1-3H3,(H,15,19)(H,20,21)(H,16,17,18). The number of nitrogens with one attached hydrogen (secondary N) is 2. The van der Waals surface area contributed by atoms with E-state index in [0.29, 0.717) is 18.7 Å². The van der Waals surface area contributed by atoms with Gasteiger partial charge in [0.25, 0.3) is 5.91 Å². The molecule has 2 unspecified atom stereocenters. The van der Waals surface area contributed by atoms with Gasteiger partial charge in [-0.2, -0.15) is 0 Å². The molecule has 2 rings (SSSR count). The lowest BCUT2D eigenvalue weighted by Crippen LogP contribution is -2.52. The van der Waals surface area contributed by atoms with Crippen LogP contribution < -0.4 is 5.32 Å². The summed E-state index contributed by atoms with van der Waals surface area (Å²) in [7, 11) is 0. The molecule has 0 bridgehead atoms. The van der Waals surface area contributed by atoms with Crippen molar-refractivity contribution in [3.8, 4) is 0 Å². The average Bonchev–Trinajstić information content (AvgIpc) is 2.91. The zero-order chi connectivity index (χ0) is 15.6. The highest BCUT2D eigenvalue weighted by atomic mass is 16.4. The minimum Gasteiger partial charge on any atom is -0.481 e. The Hall–Kier alpha value is -1.92. The quantitative estimate of drug-likeness (QED) is 0.783. The topological polar surface area (TPSA) is 108 Å². The summed E-state index contributed by atoms with van der Waals surface area (Å²) in [6, 6.07) is -0.391. The first-order valence-electron chi connectivity index (χ1n) is 7.31. The van der Waals surface area contributed by atoms with E-state index in [9.17, 15) is 14.7 Å². The van der Waals surface area contributed by atoms with Crippen LogP contribution in [0.3, 0.4) is 0 Å². The van der Waals surface area contributed by atoms with E-state index in [1.807, 2.05) is 13.8 Å². The third-order valence-corrected chi connectivity index (χ3v) is 4.25. The maximum atomic E-state index is 12.2. The van der Waals surface area contributed by atoms with E-state index < -0.39 is 23.3 Å². The summed E-state index contributed by atoms with van der Waals surface area (Å²) >= 11 is 0. The number of hydrogen-bond donors (Lipinski definition) is 3. The Morgan fingerprint density at radius 1 is 1.43 bits per heavy atom. The van der Waals surface area contributed by atoms with Crippen LogP contribution in [-0.4, -0.2) is 38.2 Å². The van der Waals surface area contributed by atoms with E-state index in [2.05, 4.69) is 20.5 Å². The van der Waals surface area contributed by atoms with Crippen molar-refractivity contribution in [3.63, 3.8) is 0 Å². The Labute approximate surface area is 123 Å². The van der Waals surface area contributed by atoms with Gasteiger partial charge in [-0.15, -0.1) is 5.10 Å². The molecule has 21 heavy (non-hydrogen) atoms. The number of carbonyl (C=O) groups excluding carboxylic acids is 1. The van der Waals surface area contributed by atoms with Crippen molar-refractivity contribution in [1.82, 2.24) is 20.5 Å². The van der Waals surface area contributed by atoms with Gasteiger partial charge in [-0.1, -0.05) is 26.7 Å². The minimum absolute atomic E-state index is 0.0667. The summed E-state index contributed by atoms with van der Waals surface area (Å²) < 4.78 is 0. The fraction of sp³-hybridized carbons (Fsp3) is 0.714. The largest absolute Gasteiger partial charge is 0.481 e. The SMILES string of the molecule is CC(C)c1nc(C(=O)NC2CCCCC2(C)C(=O)O)n[nH]1. The van der Waals surface area contributed by atoms with E-state index >= 15 is 0 Å². The molecule has 3 N–H and O–H groups in total. The summed E-state index contributed by atoms with van der Waals surface area (Å²) in [5, 5.41) is 18.9. The Bertz CT molecular complexity index is 540.